The monoisotopic (exact) mass is 288 g/mol. The van der Waals surface area contributed by atoms with E-state index in [0.29, 0.717) is 17.4 Å². The molecule has 112 valence electrons. The summed E-state index contributed by atoms with van der Waals surface area (Å²) in [7, 11) is 0. The van der Waals surface area contributed by atoms with Gasteiger partial charge >= 0.3 is 0 Å². The molecule has 2 unspecified atom stereocenters. The molecule has 1 amide bonds. The van der Waals surface area contributed by atoms with Crippen LogP contribution in [0.2, 0.25) is 0 Å². The van der Waals surface area contributed by atoms with E-state index < -0.39 is 4.92 Å². The Hall–Kier alpha value is -2.17. The number of hydrogen-bond acceptors (Lipinski definition) is 3. The number of piperidine rings is 1. The largest absolute Gasteiger partial charge is 0.339 e. The van der Waals surface area contributed by atoms with E-state index in [1.165, 1.54) is 18.2 Å². The normalized spacial score (nSPS) is 22.5. The number of likely N-dealkylation sites (tertiary alicyclic amines) is 1. The zero-order valence-electron chi connectivity index (χ0n) is 12.4. The van der Waals surface area contributed by atoms with Crippen molar-refractivity contribution in [3.8, 4) is 0 Å². The predicted molar refractivity (Wildman–Crippen MR) is 81.7 cm³/mol. The van der Waals surface area contributed by atoms with Crippen molar-refractivity contribution >= 4 is 17.7 Å². The minimum absolute atomic E-state index is 0.0279. The highest BCUT2D eigenvalue weighted by Crippen LogP contribution is 2.21. The van der Waals surface area contributed by atoms with Crippen molar-refractivity contribution in [1.29, 1.82) is 0 Å². The summed E-state index contributed by atoms with van der Waals surface area (Å²) in [6, 6.07) is 6.27. The Morgan fingerprint density at radius 1 is 1.33 bits per heavy atom. The minimum Gasteiger partial charge on any atom is -0.339 e. The summed E-state index contributed by atoms with van der Waals surface area (Å²) in [5.41, 5.74) is 0.695. The van der Waals surface area contributed by atoms with Gasteiger partial charge in [-0.05, 0) is 29.9 Å². The molecule has 0 radical (unpaired) electrons. The molecule has 2 rings (SSSR count). The Balaban J connectivity index is 2.05. The molecule has 1 aliphatic heterocycles. The van der Waals surface area contributed by atoms with Gasteiger partial charge in [-0.2, -0.15) is 0 Å². The molecule has 1 saturated heterocycles. The van der Waals surface area contributed by atoms with E-state index in [0.717, 1.165) is 19.5 Å². The Labute approximate surface area is 124 Å². The third-order valence-electron chi connectivity index (χ3n) is 3.68. The van der Waals surface area contributed by atoms with Gasteiger partial charge in [-0.15, -0.1) is 0 Å². The van der Waals surface area contributed by atoms with E-state index in [1.54, 1.807) is 18.2 Å². The van der Waals surface area contributed by atoms with E-state index in [2.05, 4.69) is 13.8 Å². The van der Waals surface area contributed by atoms with Crippen LogP contribution in [0.25, 0.3) is 6.08 Å². The molecule has 1 aromatic carbocycles. The van der Waals surface area contributed by atoms with Crippen molar-refractivity contribution in [1.82, 2.24) is 4.90 Å². The third-order valence-corrected chi connectivity index (χ3v) is 3.68. The summed E-state index contributed by atoms with van der Waals surface area (Å²) in [5.74, 6) is 1.01. The molecule has 0 saturated carbocycles. The maximum atomic E-state index is 12.2. The van der Waals surface area contributed by atoms with Gasteiger partial charge in [0.25, 0.3) is 5.69 Å². The first-order valence-corrected chi connectivity index (χ1v) is 7.17. The van der Waals surface area contributed by atoms with Crippen molar-refractivity contribution in [3.63, 3.8) is 0 Å². The van der Waals surface area contributed by atoms with Crippen LogP contribution >= 0.6 is 0 Å². The van der Waals surface area contributed by atoms with Crippen molar-refractivity contribution in [3.05, 3.63) is 46.0 Å². The molecule has 5 heteroatoms. The van der Waals surface area contributed by atoms with Crippen LogP contribution in [0, 0.1) is 22.0 Å². The lowest BCUT2D eigenvalue weighted by Gasteiger charge is -2.34. The van der Waals surface area contributed by atoms with Crippen LogP contribution < -0.4 is 0 Å². The smallest absolute Gasteiger partial charge is 0.270 e. The average molecular weight is 288 g/mol. The lowest BCUT2D eigenvalue weighted by atomic mass is 9.92. The van der Waals surface area contributed by atoms with Crippen molar-refractivity contribution in [2.75, 3.05) is 13.1 Å². The third kappa shape index (κ3) is 4.15. The van der Waals surface area contributed by atoms with Crippen molar-refractivity contribution < 1.29 is 9.72 Å². The Kier molecular flexibility index (Phi) is 4.73. The molecule has 2 atom stereocenters. The van der Waals surface area contributed by atoms with Crippen LogP contribution in [-0.2, 0) is 4.79 Å². The molecule has 1 aliphatic rings. The molecule has 21 heavy (non-hydrogen) atoms. The van der Waals surface area contributed by atoms with Gasteiger partial charge < -0.3 is 4.90 Å². The summed E-state index contributed by atoms with van der Waals surface area (Å²) >= 11 is 0. The second-order valence-corrected chi connectivity index (χ2v) is 5.87. The molecule has 0 N–H and O–H groups in total. The van der Waals surface area contributed by atoms with Crippen LogP contribution in [0.15, 0.2) is 30.3 Å². The van der Waals surface area contributed by atoms with Gasteiger partial charge in [0.2, 0.25) is 5.91 Å². The summed E-state index contributed by atoms with van der Waals surface area (Å²) in [6.45, 7) is 5.87. The fourth-order valence-electron chi connectivity index (χ4n) is 2.86. The summed E-state index contributed by atoms with van der Waals surface area (Å²) in [5, 5.41) is 10.7. The number of benzene rings is 1. The number of non-ortho nitro benzene ring substituents is 1. The molecule has 1 heterocycles. The summed E-state index contributed by atoms with van der Waals surface area (Å²) in [6.07, 6.45) is 4.29. The zero-order chi connectivity index (χ0) is 15.4. The molecular formula is C16H20N2O3. The van der Waals surface area contributed by atoms with Gasteiger partial charge in [0.15, 0.2) is 0 Å². The molecule has 0 aromatic heterocycles. The molecule has 5 nitrogen and oxygen atoms in total. The van der Waals surface area contributed by atoms with Crippen LogP contribution in [0.5, 0.6) is 0 Å². The van der Waals surface area contributed by atoms with Crippen molar-refractivity contribution in [2.45, 2.75) is 20.3 Å². The van der Waals surface area contributed by atoms with Gasteiger partial charge in [-0.3, -0.25) is 14.9 Å². The fourth-order valence-corrected chi connectivity index (χ4v) is 2.86. The molecule has 0 aliphatic carbocycles. The van der Waals surface area contributed by atoms with E-state index in [4.69, 9.17) is 0 Å². The van der Waals surface area contributed by atoms with E-state index in [-0.39, 0.29) is 11.6 Å². The van der Waals surface area contributed by atoms with Crippen molar-refractivity contribution in [2.24, 2.45) is 11.8 Å². The van der Waals surface area contributed by atoms with Crippen LogP contribution in [-0.4, -0.2) is 28.8 Å². The van der Waals surface area contributed by atoms with Gasteiger partial charge in [0.05, 0.1) is 4.92 Å². The second kappa shape index (κ2) is 6.52. The first-order valence-electron chi connectivity index (χ1n) is 7.17. The molecule has 1 aromatic rings. The number of hydrogen-bond donors (Lipinski definition) is 0. The number of carbonyl (C=O) groups excluding carboxylic acids is 1. The fraction of sp³-hybridized carbons (Fsp3) is 0.438. The van der Waals surface area contributed by atoms with Crippen LogP contribution in [0.3, 0.4) is 0 Å². The number of nitrogens with zero attached hydrogens (tertiary/aromatic N) is 2. The minimum atomic E-state index is -0.437. The van der Waals surface area contributed by atoms with Gasteiger partial charge in [-0.1, -0.05) is 26.0 Å². The maximum Gasteiger partial charge on any atom is 0.270 e. The van der Waals surface area contributed by atoms with Gasteiger partial charge in [0.1, 0.15) is 0 Å². The molecule has 0 bridgehead atoms. The summed E-state index contributed by atoms with van der Waals surface area (Å²) in [4.78, 5) is 24.3. The lowest BCUT2D eigenvalue weighted by Crippen LogP contribution is -2.41. The van der Waals surface area contributed by atoms with Crippen LogP contribution in [0.4, 0.5) is 5.69 Å². The Morgan fingerprint density at radius 2 is 2.00 bits per heavy atom. The highest BCUT2D eigenvalue weighted by atomic mass is 16.6. The van der Waals surface area contributed by atoms with Gasteiger partial charge in [-0.25, -0.2) is 0 Å². The van der Waals surface area contributed by atoms with E-state index in [9.17, 15) is 14.9 Å². The molecule has 0 spiro atoms. The highest BCUT2D eigenvalue weighted by molar-refractivity contribution is 5.91. The second-order valence-electron chi connectivity index (χ2n) is 5.87. The first-order chi connectivity index (χ1) is 9.95. The maximum absolute atomic E-state index is 12.2. The number of carbonyl (C=O) groups is 1. The summed E-state index contributed by atoms with van der Waals surface area (Å²) < 4.78 is 0. The predicted octanol–water partition coefficient (Wildman–Crippen LogP) is 3.11. The number of nitro benzene ring substituents is 1. The number of rotatable bonds is 3. The topological polar surface area (TPSA) is 63.5 Å². The Morgan fingerprint density at radius 3 is 2.62 bits per heavy atom. The quantitative estimate of drug-likeness (QED) is 0.487. The number of amides is 1. The lowest BCUT2D eigenvalue weighted by molar-refractivity contribution is -0.384. The average Bonchev–Trinajstić information content (AvgIpc) is 2.44. The molecular weight excluding hydrogens is 268 g/mol. The van der Waals surface area contributed by atoms with Gasteiger partial charge in [0, 0.05) is 31.3 Å². The Bertz CT molecular complexity index is 558. The molecule has 1 fully saturated rings. The van der Waals surface area contributed by atoms with Crippen LogP contribution in [0.1, 0.15) is 25.8 Å². The highest BCUT2D eigenvalue weighted by Gasteiger charge is 2.23. The van der Waals surface area contributed by atoms with E-state index >= 15 is 0 Å². The number of nitro groups is 1. The SMILES string of the molecule is CC1CC(C)CN(C(=O)/C=C/c2cccc([N+](=O)[O-])c2)C1. The standard InChI is InChI=1S/C16H20N2O3/c1-12-8-13(2)11-17(10-12)16(19)7-6-14-4-3-5-15(9-14)18(20)21/h3-7,9,12-13H,8,10-11H2,1-2H3/b7-6+. The zero-order valence-corrected chi connectivity index (χ0v) is 12.4. The first kappa shape index (κ1) is 15.2. The van der Waals surface area contributed by atoms with E-state index in [1.807, 2.05) is 4.90 Å².